The molecule has 0 aromatic carbocycles. The number of ether oxygens (including phenoxy) is 1. The molecule has 0 saturated carbocycles. The van der Waals surface area contributed by atoms with Gasteiger partial charge in [0.1, 0.15) is 0 Å². The molecule has 0 bridgehead atoms. The highest BCUT2D eigenvalue weighted by Gasteiger charge is 2.31. The van der Waals surface area contributed by atoms with E-state index in [9.17, 15) is 18.0 Å². The van der Waals surface area contributed by atoms with Crippen LogP contribution in [0.2, 0.25) is 0 Å². The van der Waals surface area contributed by atoms with Gasteiger partial charge < -0.3 is 9.64 Å². The van der Waals surface area contributed by atoms with Crippen molar-refractivity contribution in [3.63, 3.8) is 0 Å². The van der Waals surface area contributed by atoms with Crippen molar-refractivity contribution in [1.29, 1.82) is 0 Å². The summed E-state index contributed by atoms with van der Waals surface area (Å²) in [5, 5.41) is 4.18. The number of hydrogen-bond acceptors (Lipinski definition) is 5. The average Bonchev–Trinajstić information content (AvgIpc) is 3.37. The Hall–Kier alpha value is -2.46. The van der Waals surface area contributed by atoms with Gasteiger partial charge in [0.2, 0.25) is 0 Å². The van der Waals surface area contributed by atoms with E-state index in [1.807, 2.05) is 0 Å². The minimum atomic E-state index is -4.45. The maximum atomic E-state index is 13.0. The summed E-state index contributed by atoms with van der Waals surface area (Å²) in [4.78, 5) is 20.9. The molecule has 2 fully saturated rings. The summed E-state index contributed by atoms with van der Waals surface area (Å²) in [6.07, 6.45) is 0.276. The third-order valence-electron chi connectivity index (χ3n) is 5.68. The van der Waals surface area contributed by atoms with E-state index in [1.165, 1.54) is 16.9 Å². The summed E-state index contributed by atoms with van der Waals surface area (Å²) >= 11 is 0. The van der Waals surface area contributed by atoms with Crippen LogP contribution in [0.15, 0.2) is 24.5 Å². The Bertz CT molecular complexity index is 883. The lowest BCUT2D eigenvalue weighted by Crippen LogP contribution is -2.50. The predicted octanol–water partition coefficient (Wildman–Crippen LogP) is 2.53. The van der Waals surface area contributed by atoms with E-state index in [0.717, 1.165) is 51.3 Å². The van der Waals surface area contributed by atoms with Crippen molar-refractivity contribution in [2.45, 2.75) is 32.0 Å². The Morgan fingerprint density at radius 2 is 1.97 bits per heavy atom. The van der Waals surface area contributed by atoms with Crippen LogP contribution in [0.25, 0.3) is 5.82 Å². The fourth-order valence-corrected chi connectivity index (χ4v) is 3.91. The summed E-state index contributed by atoms with van der Waals surface area (Å²) < 4.78 is 45.3. The van der Waals surface area contributed by atoms with E-state index in [1.54, 1.807) is 11.8 Å². The Balaban J connectivity index is 1.40. The van der Waals surface area contributed by atoms with Gasteiger partial charge in [0.05, 0.1) is 29.1 Å². The minimum absolute atomic E-state index is 0.123. The number of halogens is 3. The van der Waals surface area contributed by atoms with Crippen molar-refractivity contribution < 1.29 is 22.7 Å². The van der Waals surface area contributed by atoms with Crippen molar-refractivity contribution in [3.05, 3.63) is 41.3 Å². The number of nitrogens with zero attached hydrogens (tertiary/aromatic N) is 5. The van der Waals surface area contributed by atoms with Crippen molar-refractivity contribution in [2.75, 3.05) is 39.3 Å². The van der Waals surface area contributed by atoms with Crippen LogP contribution in [0.3, 0.4) is 0 Å². The summed E-state index contributed by atoms with van der Waals surface area (Å²) in [6.45, 7) is 6.27. The number of piperazine rings is 1. The van der Waals surface area contributed by atoms with Crippen LogP contribution in [-0.4, -0.2) is 75.9 Å². The molecule has 162 valence electrons. The number of hydrogen-bond donors (Lipinski definition) is 0. The molecule has 1 atom stereocenters. The Kier molecular flexibility index (Phi) is 5.79. The number of aromatic nitrogens is 3. The zero-order valence-corrected chi connectivity index (χ0v) is 16.7. The first-order valence-corrected chi connectivity index (χ1v) is 10.0. The standard InChI is InChI=1S/C20H24F3N5O2/c1-14-17(12-25-28(14)18-5-4-15(11-24-18)20(21,22)23)19(29)27-8-6-26(7-9-27)13-16-3-2-10-30-16/h4-5,11-12,16H,2-3,6-10,13H2,1H3. The first-order chi connectivity index (χ1) is 14.3. The highest BCUT2D eigenvalue weighted by molar-refractivity contribution is 5.95. The molecule has 1 amide bonds. The molecular formula is C20H24F3N5O2. The summed E-state index contributed by atoms with van der Waals surface area (Å²) in [7, 11) is 0. The molecule has 2 saturated heterocycles. The van der Waals surface area contributed by atoms with Gasteiger partial charge in [0.15, 0.2) is 5.82 Å². The third-order valence-corrected chi connectivity index (χ3v) is 5.68. The van der Waals surface area contributed by atoms with Crippen molar-refractivity contribution >= 4 is 5.91 Å². The van der Waals surface area contributed by atoms with Gasteiger partial charge in [-0.25, -0.2) is 9.67 Å². The normalized spacial score (nSPS) is 20.7. The molecule has 2 aromatic heterocycles. The summed E-state index contributed by atoms with van der Waals surface area (Å²) in [6, 6.07) is 2.21. The third kappa shape index (κ3) is 4.34. The lowest BCUT2D eigenvalue weighted by Gasteiger charge is -2.35. The molecule has 2 aliphatic heterocycles. The molecule has 0 aliphatic carbocycles. The van der Waals surface area contributed by atoms with E-state index >= 15 is 0 Å². The summed E-state index contributed by atoms with van der Waals surface area (Å²) in [5.41, 5.74) is 0.159. The number of carbonyl (C=O) groups excluding carboxylic acids is 1. The fourth-order valence-electron chi connectivity index (χ4n) is 3.91. The van der Waals surface area contributed by atoms with Crippen LogP contribution >= 0.6 is 0 Å². The fraction of sp³-hybridized carbons (Fsp3) is 0.550. The molecule has 7 nitrogen and oxygen atoms in total. The van der Waals surface area contributed by atoms with Gasteiger partial charge in [-0.2, -0.15) is 18.3 Å². The number of rotatable bonds is 4. The Labute approximate surface area is 172 Å². The first-order valence-electron chi connectivity index (χ1n) is 10.0. The number of pyridine rings is 1. The maximum Gasteiger partial charge on any atom is 0.417 e. The van der Waals surface area contributed by atoms with Crippen molar-refractivity contribution in [3.8, 4) is 5.82 Å². The van der Waals surface area contributed by atoms with Crippen LogP contribution < -0.4 is 0 Å². The molecule has 0 radical (unpaired) electrons. The molecule has 2 aliphatic rings. The Morgan fingerprint density at radius 1 is 1.20 bits per heavy atom. The van der Waals surface area contributed by atoms with E-state index in [-0.39, 0.29) is 11.7 Å². The smallest absolute Gasteiger partial charge is 0.377 e. The SMILES string of the molecule is Cc1c(C(=O)N2CCN(CC3CCCO3)CC2)cnn1-c1ccc(C(F)(F)F)cn1. The predicted molar refractivity (Wildman–Crippen MR) is 102 cm³/mol. The number of carbonyl (C=O) groups is 1. The molecule has 10 heteroatoms. The van der Waals surface area contributed by atoms with Gasteiger partial charge >= 0.3 is 6.18 Å². The zero-order chi connectivity index (χ0) is 21.3. The molecule has 2 aromatic rings. The van der Waals surface area contributed by atoms with E-state index in [4.69, 9.17) is 4.74 Å². The highest BCUT2D eigenvalue weighted by Crippen LogP contribution is 2.29. The van der Waals surface area contributed by atoms with E-state index in [0.29, 0.717) is 30.5 Å². The van der Waals surface area contributed by atoms with Crippen LogP contribution in [0.5, 0.6) is 0 Å². The zero-order valence-electron chi connectivity index (χ0n) is 16.7. The van der Waals surface area contributed by atoms with Gasteiger partial charge in [0.25, 0.3) is 5.91 Å². The second-order valence-corrected chi connectivity index (χ2v) is 7.69. The van der Waals surface area contributed by atoms with Crippen molar-refractivity contribution in [2.24, 2.45) is 0 Å². The average molecular weight is 423 g/mol. The molecule has 30 heavy (non-hydrogen) atoms. The second kappa shape index (κ2) is 8.35. The largest absolute Gasteiger partial charge is 0.417 e. The lowest BCUT2D eigenvalue weighted by atomic mass is 10.2. The second-order valence-electron chi connectivity index (χ2n) is 7.69. The summed E-state index contributed by atoms with van der Waals surface area (Å²) in [5.74, 6) is 0.114. The molecule has 4 heterocycles. The van der Waals surface area contributed by atoms with Crippen LogP contribution in [0.4, 0.5) is 13.2 Å². The molecule has 0 spiro atoms. The van der Waals surface area contributed by atoms with Crippen LogP contribution in [0, 0.1) is 6.92 Å². The molecular weight excluding hydrogens is 399 g/mol. The minimum Gasteiger partial charge on any atom is -0.377 e. The van der Waals surface area contributed by atoms with Gasteiger partial charge in [-0.3, -0.25) is 9.69 Å². The monoisotopic (exact) mass is 423 g/mol. The van der Waals surface area contributed by atoms with Gasteiger partial charge in [0, 0.05) is 45.5 Å². The van der Waals surface area contributed by atoms with Crippen molar-refractivity contribution in [1.82, 2.24) is 24.6 Å². The highest BCUT2D eigenvalue weighted by atomic mass is 19.4. The molecule has 0 N–H and O–H groups in total. The van der Waals surface area contributed by atoms with Crippen LogP contribution in [0.1, 0.15) is 34.5 Å². The van der Waals surface area contributed by atoms with Gasteiger partial charge in [-0.05, 0) is 31.9 Å². The molecule has 4 rings (SSSR count). The van der Waals surface area contributed by atoms with E-state index < -0.39 is 11.7 Å². The quantitative estimate of drug-likeness (QED) is 0.756. The number of alkyl halides is 3. The first kappa shape index (κ1) is 20.8. The van der Waals surface area contributed by atoms with Gasteiger partial charge in [-0.1, -0.05) is 0 Å². The lowest BCUT2D eigenvalue weighted by molar-refractivity contribution is -0.137. The van der Waals surface area contributed by atoms with Gasteiger partial charge in [-0.15, -0.1) is 0 Å². The van der Waals surface area contributed by atoms with Crippen LogP contribution in [-0.2, 0) is 10.9 Å². The Morgan fingerprint density at radius 3 is 2.57 bits per heavy atom. The molecule has 1 unspecified atom stereocenters. The topological polar surface area (TPSA) is 63.5 Å². The number of amides is 1. The maximum absolute atomic E-state index is 13.0. The van der Waals surface area contributed by atoms with E-state index in [2.05, 4.69) is 15.0 Å².